The Labute approximate surface area is 174 Å². The summed E-state index contributed by atoms with van der Waals surface area (Å²) in [5, 5.41) is 2.76. The first kappa shape index (κ1) is 22.6. The number of allylic oxidation sites excluding steroid dienone is 1. The maximum Gasteiger partial charge on any atom is 0.261 e. The molecule has 2 rings (SSSR count). The summed E-state index contributed by atoms with van der Waals surface area (Å²) >= 11 is 0. The third kappa shape index (κ3) is 5.45. The van der Waals surface area contributed by atoms with Gasteiger partial charge in [-0.25, -0.2) is 0 Å². The summed E-state index contributed by atoms with van der Waals surface area (Å²) in [6.45, 7) is 18.7. The van der Waals surface area contributed by atoms with Crippen molar-refractivity contribution in [1.82, 2.24) is 0 Å². The third-order valence-corrected chi connectivity index (χ3v) is 10.5. The Balaban J connectivity index is 2.35. The van der Waals surface area contributed by atoms with E-state index in [2.05, 4.69) is 109 Å². The topological polar surface area (TPSA) is 9.23 Å². The van der Waals surface area contributed by atoms with E-state index < -0.39 is 8.32 Å². The third-order valence-electron chi connectivity index (χ3n) is 5.50. The molecule has 0 aliphatic heterocycles. The molecule has 0 unspecified atom stereocenters. The lowest BCUT2D eigenvalue weighted by atomic mass is 9.93. The van der Waals surface area contributed by atoms with Crippen LogP contribution >= 0.6 is 0 Å². The second kappa shape index (κ2) is 9.71. The fraction of sp³-hybridized carbons (Fsp3) is 0.462. The minimum absolute atomic E-state index is 0.0404. The monoisotopic (exact) mass is 394 g/mol. The Kier molecular flexibility index (Phi) is 7.85. The van der Waals surface area contributed by atoms with Crippen LogP contribution in [0.4, 0.5) is 0 Å². The zero-order valence-electron chi connectivity index (χ0n) is 18.7. The molecule has 0 aromatic heterocycles. The first-order valence-electron chi connectivity index (χ1n) is 10.6. The van der Waals surface area contributed by atoms with Crippen LogP contribution in [0.5, 0.6) is 0 Å². The van der Waals surface area contributed by atoms with Gasteiger partial charge in [0.15, 0.2) is 0 Å². The Morgan fingerprint density at radius 3 is 1.75 bits per heavy atom. The lowest BCUT2D eigenvalue weighted by Crippen LogP contribution is -2.66. The van der Waals surface area contributed by atoms with Crippen LogP contribution in [-0.2, 0) is 4.43 Å². The van der Waals surface area contributed by atoms with Gasteiger partial charge in [0.25, 0.3) is 8.32 Å². The van der Waals surface area contributed by atoms with Gasteiger partial charge >= 0.3 is 0 Å². The van der Waals surface area contributed by atoms with Gasteiger partial charge in [0, 0.05) is 6.61 Å². The molecule has 0 heterocycles. The lowest BCUT2D eigenvalue weighted by Gasteiger charge is -2.43. The highest BCUT2D eigenvalue weighted by Crippen LogP contribution is 2.37. The SMILES string of the molecule is C=C(C)C[C@@H](C)C[C@H](C)CO[Si](c1ccccc1)(c1ccccc1)C(C)(C)C. The van der Waals surface area contributed by atoms with E-state index in [9.17, 15) is 0 Å². The van der Waals surface area contributed by atoms with Gasteiger partial charge in [-0.3, -0.25) is 0 Å². The number of hydrogen-bond donors (Lipinski definition) is 0. The van der Waals surface area contributed by atoms with Crippen molar-refractivity contribution >= 4 is 18.7 Å². The molecule has 28 heavy (non-hydrogen) atoms. The van der Waals surface area contributed by atoms with Crippen molar-refractivity contribution in [2.45, 2.75) is 59.4 Å². The van der Waals surface area contributed by atoms with Crippen LogP contribution in [0, 0.1) is 11.8 Å². The van der Waals surface area contributed by atoms with Crippen molar-refractivity contribution in [3.63, 3.8) is 0 Å². The second-order valence-electron chi connectivity index (χ2n) is 9.58. The van der Waals surface area contributed by atoms with Crippen molar-refractivity contribution < 1.29 is 4.43 Å². The summed E-state index contributed by atoms with van der Waals surface area (Å²) in [6.07, 6.45) is 2.27. The van der Waals surface area contributed by atoms with Crippen LogP contribution in [0.1, 0.15) is 54.4 Å². The van der Waals surface area contributed by atoms with E-state index in [1.165, 1.54) is 22.4 Å². The molecule has 0 saturated heterocycles. The zero-order chi connectivity index (χ0) is 20.8. The van der Waals surface area contributed by atoms with E-state index in [4.69, 9.17) is 4.43 Å². The summed E-state index contributed by atoms with van der Waals surface area (Å²) in [4.78, 5) is 0. The van der Waals surface area contributed by atoms with E-state index in [1.807, 2.05) is 0 Å². The molecule has 0 fully saturated rings. The average Bonchev–Trinajstić information content (AvgIpc) is 2.62. The van der Waals surface area contributed by atoms with Crippen LogP contribution in [0.3, 0.4) is 0 Å². The van der Waals surface area contributed by atoms with E-state index >= 15 is 0 Å². The molecule has 2 heteroatoms. The second-order valence-corrected chi connectivity index (χ2v) is 13.9. The molecule has 1 nitrogen and oxygen atoms in total. The van der Waals surface area contributed by atoms with Crippen molar-refractivity contribution in [2.24, 2.45) is 11.8 Å². The first-order chi connectivity index (χ1) is 13.2. The minimum atomic E-state index is -2.41. The lowest BCUT2D eigenvalue weighted by molar-refractivity contribution is 0.223. The van der Waals surface area contributed by atoms with Gasteiger partial charge in [0.1, 0.15) is 0 Å². The zero-order valence-corrected chi connectivity index (χ0v) is 19.7. The van der Waals surface area contributed by atoms with Gasteiger partial charge < -0.3 is 4.43 Å². The molecule has 0 radical (unpaired) electrons. The summed E-state index contributed by atoms with van der Waals surface area (Å²) in [6, 6.07) is 21.8. The minimum Gasteiger partial charge on any atom is -0.407 e. The van der Waals surface area contributed by atoms with Crippen molar-refractivity contribution in [3.05, 3.63) is 72.8 Å². The maximum absolute atomic E-state index is 7.05. The van der Waals surface area contributed by atoms with Crippen LogP contribution in [0.15, 0.2) is 72.8 Å². The van der Waals surface area contributed by atoms with Crippen LogP contribution in [0.25, 0.3) is 0 Å². The van der Waals surface area contributed by atoms with Gasteiger partial charge in [-0.15, -0.1) is 6.58 Å². The van der Waals surface area contributed by atoms with E-state index in [1.54, 1.807) is 0 Å². The molecule has 0 aliphatic rings. The predicted octanol–water partition coefficient (Wildman–Crippen LogP) is 6.19. The van der Waals surface area contributed by atoms with Gasteiger partial charge in [-0.2, -0.15) is 0 Å². The van der Waals surface area contributed by atoms with Crippen LogP contribution in [-0.4, -0.2) is 14.9 Å². The first-order valence-corrected chi connectivity index (χ1v) is 12.5. The smallest absolute Gasteiger partial charge is 0.261 e. The normalized spacial score (nSPS) is 14.5. The molecule has 0 spiro atoms. The van der Waals surface area contributed by atoms with Gasteiger partial charge in [0.05, 0.1) is 0 Å². The van der Waals surface area contributed by atoms with E-state index in [-0.39, 0.29) is 5.04 Å². The highest BCUT2D eigenvalue weighted by atomic mass is 28.4. The summed E-state index contributed by atoms with van der Waals surface area (Å²) in [5.74, 6) is 1.17. The molecule has 0 aliphatic carbocycles. The van der Waals surface area contributed by atoms with Gasteiger partial charge in [-0.05, 0) is 47.0 Å². The Morgan fingerprint density at radius 2 is 1.36 bits per heavy atom. The largest absolute Gasteiger partial charge is 0.407 e. The molecule has 0 amide bonds. The highest BCUT2D eigenvalue weighted by molar-refractivity contribution is 6.99. The predicted molar refractivity (Wildman–Crippen MR) is 126 cm³/mol. The molecule has 0 N–H and O–H groups in total. The van der Waals surface area contributed by atoms with Crippen LogP contribution < -0.4 is 10.4 Å². The highest BCUT2D eigenvalue weighted by Gasteiger charge is 2.50. The van der Waals surface area contributed by atoms with Gasteiger partial charge in [-0.1, -0.05) is 101 Å². The van der Waals surface area contributed by atoms with Crippen molar-refractivity contribution in [2.75, 3.05) is 6.61 Å². The summed E-state index contributed by atoms with van der Waals surface area (Å²) < 4.78 is 7.05. The molecule has 0 bridgehead atoms. The molecular formula is C26H38OSi. The van der Waals surface area contributed by atoms with Crippen molar-refractivity contribution in [3.8, 4) is 0 Å². The van der Waals surface area contributed by atoms with Gasteiger partial charge in [0.2, 0.25) is 0 Å². The number of hydrogen-bond acceptors (Lipinski definition) is 1. The average molecular weight is 395 g/mol. The molecule has 2 aromatic carbocycles. The fourth-order valence-corrected chi connectivity index (χ4v) is 9.15. The molecule has 2 aromatic rings. The molecule has 152 valence electrons. The Bertz CT molecular complexity index is 691. The summed E-state index contributed by atoms with van der Waals surface area (Å²) in [7, 11) is -2.41. The number of benzene rings is 2. The fourth-order valence-electron chi connectivity index (χ4n) is 4.46. The number of rotatable bonds is 9. The summed E-state index contributed by atoms with van der Waals surface area (Å²) in [5.41, 5.74) is 1.27. The standard InChI is InChI=1S/C26H38OSi/c1-21(2)18-22(3)19-23(4)20-27-28(26(5,6)7,24-14-10-8-11-15-24)25-16-12-9-13-17-25/h8-17,22-23H,1,18-20H2,2-7H3/t22-,23+/m1/s1. The maximum atomic E-state index is 7.05. The molecule has 2 atom stereocenters. The molecule has 0 saturated carbocycles. The van der Waals surface area contributed by atoms with E-state index in [0.717, 1.165) is 13.0 Å². The Hall–Kier alpha value is -1.64. The Morgan fingerprint density at radius 1 is 0.893 bits per heavy atom. The van der Waals surface area contributed by atoms with Crippen LogP contribution in [0.2, 0.25) is 5.04 Å². The van der Waals surface area contributed by atoms with E-state index in [0.29, 0.717) is 11.8 Å². The quantitative estimate of drug-likeness (QED) is 0.364. The van der Waals surface area contributed by atoms with Crippen molar-refractivity contribution in [1.29, 1.82) is 0 Å². The molecular weight excluding hydrogens is 356 g/mol.